The molecule has 2 aromatic carbocycles. The monoisotopic (exact) mass is 374 g/mol. The summed E-state index contributed by atoms with van der Waals surface area (Å²) in [7, 11) is -3.77. The second kappa shape index (κ2) is 6.53. The Labute approximate surface area is 151 Å². The van der Waals surface area contributed by atoms with Crippen LogP contribution in [0.1, 0.15) is 27.9 Å². The average molecular weight is 374 g/mol. The van der Waals surface area contributed by atoms with Crippen molar-refractivity contribution < 1.29 is 18.1 Å². The fraction of sp³-hybridized carbons (Fsp3) is 0.278. The maximum atomic E-state index is 12.9. The van der Waals surface area contributed by atoms with Crippen molar-refractivity contribution in [3.05, 3.63) is 63.2 Å². The first kappa shape index (κ1) is 18.1. The first-order valence-electron chi connectivity index (χ1n) is 8.08. The summed E-state index contributed by atoms with van der Waals surface area (Å²) in [6.07, 6.45) is 2.57. The molecule has 0 bridgehead atoms. The minimum Gasteiger partial charge on any atom is -0.308 e. The van der Waals surface area contributed by atoms with Crippen LogP contribution in [-0.4, -0.2) is 32.0 Å². The first-order valence-corrected chi connectivity index (χ1v) is 9.97. The number of nitro groups is 1. The van der Waals surface area contributed by atoms with Gasteiger partial charge in [-0.1, -0.05) is 17.7 Å². The summed E-state index contributed by atoms with van der Waals surface area (Å²) in [5.74, 6) is -0.377. The van der Waals surface area contributed by atoms with E-state index in [2.05, 4.69) is 0 Å². The number of nitrogens with zero attached hydrogens (tertiary/aromatic N) is 2. The van der Waals surface area contributed by atoms with Crippen LogP contribution in [0, 0.1) is 17.0 Å². The standard InChI is InChI=1S/C18H18N2O5S/c1-12-5-7-15-13(10-12)4-3-9-19(15)18(21)14-6-8-17(26(2,24)25)16(11-14)20(22)23/h5-8,10-11H,3-4,9H2,1-2H3. The van der Waals surface area contributed by atoms with E-state index in [1.807, 2.05) is 25.1 Å². The molecule has 1 aliphatic rings. The van der Waals surface area contributed by atoms with Crippen LogP contribution in [0.5, 0.6) is 0 Å². The molecule has 0 atom stereocenters. The predicted octanol–water partition coefficient (Wildman–Crippen LogP) is 2.90. The van der Waals surface area contributed by atoms with E-state index < -0.39 is 25.3 Å². The van der Waals surface area contributed by atoms with Crippen LogP contribution < -0.4 is 4.90 Å². The van der Waals surface area contributed by atoms with Gasteiger partial charge in [-0.05, 0) is 43.5 Å². The zero-order valence-electron chi connectivity index (χ0n) is 14.4. The highest BCUT2D eigenvalue weighted by Crippen LogP contribution is 2.31. The van der Waals surface area contributed by atoms with Gasteiger partial charge >= 0.3 is 0 Å². The normalized spacial score (nSPS) is 14.0. The summed E-state index contributed by atoms with van der Waals surface area (Å²) in [5.41, 5.74) is 2.47. The number of sulfone groups is 1. The average Bonchev–Trinajstić information content (AvgIpc) is 2.59. The Kier molecular flexibility index (Phi) is 4.53. The number of nitro benzene ring substituents is 1. The third-order valence-corrected chi connectivity index (χ3v) is 5.55. The van der Waals surface area contributed by atoms with Crippen molar-refractivity contribution in [1.82, 2.24) is 0 Å². The van der Waals surface area contributed by atoms with Crippen molar-refractivity contribution in [1.29, 1.82) is 0 Å². The summed E-state index contributed by atoms with van der Waals surface area (Å²) in [4.78, 5) is 24.6. The summed E-state index contributed by atoms with van der Waals surface area (Å²) < 4.78 is 23.5. The Morgan fingerprint density at radius 1 is 1.19 bits per heavy atom. The highest BCUT2D eigenvalue weighted by atomic mass is 32.2. The van der Waals surface area contributed by atoms with E-state index in [-0.39, 0.29) is 11.5 Å². The molecule has 0 radical (unpaired) electrons. The van der Waals surface area contributed by atoms with Gasteiger partial charge in [0.1, 0.15) is 4.90 Å². The third kappa shape index (κ3) is 3.32. The number of amides is 1. The third-order valence-electron chi connectivity index (χ3n) is 4.40. The van der Waals surface area contributed by atoms with Crippen LogP contribution in [0.15, 0.2) is 41.3 Å². The largest absolute Gasteiger partial charge is 0.308 e. The van der Waals surface area contributed by atoms with Gasteiger partial charge in [-0.3, -0.25) is 14.9 Å². The molecule has 26 heavy (non-hydrogen) atoms. The van der Waals surface area contributed by atoms with Crippen LogP contribution in [0.2, 0.25) is 0 Å². The van der Waals surface area contributed by atoms with Crippen LogP contribution in [0.25, 0.3) is 0 Å². The lowest BCUT2D eigenvalue weighted by molar-refractivity contribution is -0.387. The molecule has 1 aliphatic heterocycles. The highest BCUT2D eigenvalue weighted by Gasteiger charge is 2.28. The number of carbonyl (C=O) groups is 1. The lowest BCUT2D eigenvalue weighted by atomic mass is 9.99. The Hall–Kier alpha value is -2.74. The molecule has 0 aliphatic carbocycles. The molecule has 1 amide bonds. The second-order valence-electron chi connectivity index (χ2n) is 6.40. The Morgan fingerprint density at radius 2 is 1.92 bits per heavy atom. The van der Waals surface area contributed by atoms with Gasteiger partial charge < -0.3 is 4.90 Å². The molecule has 0 N–H and O–H groups in total. The summed E-state index contributed by atoms with van der Waals surface area (Å²) in [5, 5.41) is 11.3. The zero-order chi connectivity index (χ0) is 19.1. The predicted molar refractivity (Wildman–Crippen MR) is 97.4 cm³/mol. The van der Waals surface area contributed by atoms with Crippen LogP contribution in [0.4, 0.5) is 11.4 Å². The van der Waals surface area contributed by atoms with Gasteiger partial charge in [0.2, 0.25) is 0 Å². The smallest absolute Gasteiger partial charge is 0.288 e. The first-order chi connectivity index (χ1) is 12.2. The van der Waals surface area contributed by atoms with Crippen molar-refractivity contribution in [3.8, 4) is 0 Å². The molecule has 3 rings (SSSR count). The molecule has 0 saturated heterocycles. The minimum atomic E-state index is -3.77. The highest BCUT2D eigenvalue weighted by molar-refractivity contribution is 7.90. The maximum Gasteiger partial charge on any atom is 0.288 e. The summed E-state index contributed by atoms with van der Waals surface area (Å²) in [6, 6.07) is 9.32. The maximum absolute atomic E-state index is 12.9. The van der Waals surface area contributed by atoms with Gasteiger partial charge in [-0.2, -0.15) is 0 Å². The second-order valence-corrected chi connectivity index (χ2v) is 8.39. The van der Waals surface area contributed by atoms with E-state index in [0.717, 1.165) is 48.0 Å². The van der Waals surface area contributed by atoms with Crippen LogP contribution >= 0.6 is 0 Å². The number of fused-ring (bicyclic) bond motifs is 1. The Balaban J connectivity index is 2.05. The van der Waals surface area contributed by atoms with E-state index in [4.69, 9.17) is 0 Å². The molecule has 7 nitrogen and oxygen atoms in total. The van der Waals surface area contributed by atoms with Crippen molar-refractivity contribution in [2.24, 2.45) is 0 Å². The number of hydrogen-bond acceptors (Lipinski definition) is 5. The number of anilines is 1. The fourth-order valence-electron chi connectivity index (χ4n) is 3.20. The SMILES string of the molecule is Cc1ccc2c(c1)CCCN2C(=O)c1ccc(S(C)(=O)=O)c([N+](=O)[O-])c1. The molecule has 0 saturated carbocycles. The summed E-state index contributed by atoms with van der Waals surface area (Å²) in [6.45, 7) is 2.49. The van der Waals surface area contributed by atoms with E-state index in [1.54, 1.807) is 4.90 Å². The number of aryl methyl sites for hydroxylation is 2. The lowest BCUT2D eigenvalue weighted by Gasteiger charge is -2.30. The van der Waals surface area contributed by atoms with E-state index in [9.17, 15) is 23.3 Å². The molecular weight excluding hydrogens is 356 g/mol. The van der Waals surface area contributed by atoms with Gasteiger partial charge in [0.15, 0.2) is 9.84 Å². The van der Waals surface area contributed by atoms with Crippen molar-refractivity contribution in [2.45, 2.75) is 24.7 Å². The molecular formula is C18H18N2O5S. The van der Waals surface area contributed by atoms with Crippen LogP contribution in [0.3, 0.4) is 0 Å². The molecule has 0 aromatic heterocycles. The lowest BCUT2D eigenvalue weighted by Crippen LogP contribution is -2.35. The van der Waals surface area contributed by atoms with Crippen molar-refractivity contribution in [3.63, 3.8) is 0 Å². The van der Waals surface area contributed by atoms with E-state index in [0.29, 0.717) is 6.54 Å². The zero-order valence-corrected chi connectivity index (χ0v) is 15.2. The van der Waals surface area contributed by atoms with Gasteiger partial charge in [0.25, 0.3) is 11.6 Å². The molecule has 2 aromatic rings. The van der Waals surface area contributed by atoms with Crippen molar-refractivity contribution >= 4 is 27.1 Å². The molecule has 8 heteroatoms. The molecule has 1 heterocycles. The van der Waals surface area contributed by atoms with E-state index in [1.165, 1.54) is 6.07 Å². The molecule has 0 fully saturated rings. The number of benzene rings is 2. The number of carbonyl (C=O) groups excluding carboxylic acids is 1. The van der Waals surface area contributed by atoms with Gasteiger partial charge in [-0.25, -0.2) is 8.42 Å². The van der Waals surface area contributed by atoms with Crippen molar-refractivity contribution in [2.75, 3.05) is 17.7 Å². The Morgan fingerprint density at radius 3 is 2.58 bits per heavy atom. The number of rotatable bonds is 3. The van der Waals surface area contributed by atoms with Gasteiger partial charge in [-0.15, -0.1) is 0 Å². The fourth-order valence-corrected chi connectivity index (χ4v) is 4.03. The van der Waals surface area contributed by atoms with Gasteiger partial charge in [0, 0.05) is 30.1 Å². The Bertz CT molecular complexity index is 1010. The van der Waals surface area contributed by atoms with E-state index >= 15 is 0 Å². The number of hydrogen-bond donors (Lipinski definition) is 0. The minimum absolute atomic E-state index is 0.0949. The molecule has 0 unspecified atom stereocenters. The van der Waals surface area contributed by atoms with Crippen LogP contribution in [-0.2, 0) is 16.3 Å². The molecule has 136 valence electrons. The molecule has 0 spiro atoms. The topological polar surface area (TPSA) is 97.6 Å². The quantitative estimate of drug-likeness (QED) is 0.608. The van der Waals surface area contributed by atoms with Gasteiger partial charge in [0.05, 0.1) is 4.92 Å². The summed E-state index contributed by atoms with van der Waals surface area (Å²) >= 11 is 0.